The molecule has 0 bridgehead atoms. The Labute approximate surface area is 210 Å². The number of alkyl halides is 3. The summed E-state index contributed by atoms with van der Waals surface area (Å²) in [6.07, 6.45) is 0.393. The number of carboxylic acid groups (broad SMARTS) is 1. The van der Waals surface area contributed by atoms with E-state index >= 15 is 0 Å². The number of carbonyl (C=O) groups is 1. The fraction of sp³-hybridized carbons (Fsp3) is 0.296. The molecule has 7 nitrogen and oxygen atoms in total. The number of aromatic nitrogens is 3. The largest absolute Gasteiger partial charge is 0.481 e. The number of aliphatic carboxylic acids is 1. The van der Waals surface area contributed by atoms with Gasteiger partial charge in [-0.15, -0.1) is 0 Å². The lowest BCUT2D eigenvalue weighted by Crippen LogP contribution is -2.23. The van der Waals surface area contributed by atoms with E-state index in [-0.39, 0.29) is 29.6 Å². The maximum Gasteiger partial charge on any atom is 0.416 e. The van der Waals surface area contributed by atoms with E-state index in [1.54, 1.807) is 36.7 Å². The molecule has 2 aromatic carbocycles. The summed E-state index contributed by atoms with van der Waals surface area (Å²) in [7, 11) is 0. The molecular formula is C27H25F3N4O3. The molecule has 192 valence electrons. The molecular weight excluding hydrogens is 485 g/mol. The molecule has 5 rings (SSSR count). The Bertz CT molecular complexity index is 1480. The second-order valence-electron chi connectivity index (χ2n) is 9.69. The van der Waals surface area contributed by atoms with Crippen LogP contribution < -0.4 is 5.73 Å². The van der Waals surface area contributed by atoms with E-state index in [2.05, 4.69) is 4.98 Å². The second kappa shape index (κ2) is 8.88. The highest BCUT2D eigenvalue weighted by Crippen LogP contribution is 2.44. The van der Waals surface area contributed by atoms with Crippen molar-refractivity contribution < 1.29 is 28.2 Å². The molecule has 37 heavy (non-hydrogen) atoms. The van der Waals surface area contributed by atoms with Gasteiger partial charge in [0.05, 0.1) is 5.56 Å². The Morgan fingerprint density at radius 2 is 1.81 bits per heavy atom. The number of fused-ring (bicyclic) bond motifs is 1. The number of nitrogens with zero attached hydrogens (tertiary/aromatic N) is 3. The van der Waals surface area contributed by atoms with Gasteiger partial charge in [0.15, 0.2) is 0 Å². The van der Waals surface area contributed by atoms with Crippen molar-refractivity contribution >= 4 is 17.3 Å². The number of carboxylic acids is 1. The van der Waals surface area contributed by atoms with Crippen LogP contribution in [0.3, 0.4) is 0 Å². The number of halogens is 3. The maximum atomic E-state index is 13.2. The Morgan fingerprint density at radius 3 is 2.49 bits per heavy atom. The third kappa shape index (κ3) is 4.76. The quantitative estimate of drug-likeness (QED) is 0.326. The van der Waals surface area contributed by atoms with Gasteiger partial charge in [0, 0.05) is 30.8 Å². The van der Waals surface area contributed by atoms with Gasteiger partial charge < -0.3 is 15.9 Å². The number of hydrogen-bond donors (Lipinski definition) is 3. The van der Waals surface area contributed by atoms with Crippen LogP contribution in [0.25, 0.3) is 16.8 Å². The van der Waals surface area contributed by atoms with Crippen LogP contribution in [0, 0.1) is 11.8 Å². The van der Waals surface area contributed by atoms with Crippen LogP contribution in [0.5, 0.6) is 0 Å². The summed E-state index contributed by atoms with van der Waals surface area (Å²) < 4.78 is 41.4. The smallest absolute Gasteiger partial charge is 0.416 e. The highest BCUT2D eigenvalue weighted by atomic mass is 19.4. The molecule has 0 amide bonds. The Morgan fingerprint density at radius 1 is 1.11 bits per heavy atom. The zero-order valence-electron chi connectivity index (χ0n) is 19.9. The number of anilines is 1. The first-order valence-electron chi connectivity index (χ1n) is 11.8. The van der Waals surface area contributed by atoms with Crippen molar-refractivity contribution in [1.82, 2.24) is 14.4 Å². The van der Waals surface area contributed by atoms with Gasteiger partial charge in [-0.2, -0.15) is 13.2 Å². The molecule has 2 heterocycles. The maximum absolute atomic E-state index is 13.2. The average molecular weight is 511 g/mol. The zero-order valence-corrected chi connectivity index (χ0v) is 19.9. The SMILES string of the molecule is C[C@@](O)(c1ccc(-c2nc(CC3CC3CC(=O)O)n3ccnc(N)c23)cc1)c1cccc(C(F)(F)F)c1. The number of benzene rings is 2. The van der Waals surface area contributed by atoms with Crippen LogP contribution in [0.15, 0.2) is 60.9 Å². The summed E-state index contributed by atoms with van der Waals surface area (Å²) in [5.74, 6) is 0.584. The summed E-state index contributed by atoms with van der Waals surface area (Å²) in [6, 6.07) is 11.4. The number of imidazole rings is 1. The number of nitrogens with two attached hydrogens (primary N) is 1. The third-order valence-electron chi connectivity index (χ3n) is 7.08. The molecule has 3 atom stereocenters. The Balaban J connectivity index is 1.47. The topological polar surface area (TPSA) is 114 Å². The van der Waals surface area contributed by atoms with Crippen LogP contribution in [0.4, 0.5) is 19.0 Å². The highest BCUT2D eigenvalue weighted by molar-refractivity contribution is 5.85. The van der Waals surface area contributed by atoms with Crippen molar-refractivity contribution in [2.24, 2.45) is 11.8 Å². The van der Waals surface area contributed by atoms with Crippen LogP contribution in [-0.4, -0.2) is 30.6 Å². The number of hydrogen-bond acceptors (Lipinski definition) is 5. The third-order valence-corrected chi connectivity index (χ3v) is 7.08. The predicted molar refractivity (Wildman–Crippen MR) is 131 cm³/mol. The minimum absolute atomic E-state index is 0.124. The standard InChI is InChI=1S/C27H25F3N4O3/c1-26(37,19-3-2-4-20(14-19)27(28,29)30)18-7-5-15(6-8-18)23-24-25(31)32-9-10-34(24)21(33-23)12-16-11-17(16)13-22(35)36/h2-10,14,16-17,37H,11-13H2,1H3,(H2,31,32)(H,35,36)/t16?,17?,26-/m1/s1. The minimum Gasteiger partial charge on any atom is -0.481 e. The molecule has 0 radical (unpaired) electrons. The van der Waals surface area contributed by atoms with E-state index in [4.69, 9.17) is 15.8 Å². The van der Waals surface area contributed by atoms with E-state index in [1.807, 2.05) is 4.40 Å². The number of nitrogen functional groups attached to an aromatic ring is 1. The minimum atomic E-state index is -4.52. The van der Waals surface area contributed by atoms with Crippen LogP contribution in [-0.2, 0) is 23.0 Å². The fourth-order valence-electron chi connectivity index (χ4n) is 4.86. The van der Waals surface area contributed by atoms with E-state index in [0.717, 1.165) is 24.4 Å². The van der Waals surface area contributed by atoms with E-state index < -0.39 is 23.3 Å². The lowest BCUT2D eigenvalue weighted by atomic mass is 9.87. The molecule has 1 fully saturated rings. The molecule has 1 aliphatic carbocycles. The van der Waals surface area contributed by atoms with Crippen molar-refractivity contribution in [3.8, 4) is 11.3 Å². The van der Waals surface area contributed by atoms with Crippen LogP contribution >= 0.6 is 0 Å². The molecule has 1 saturated carbocycles. The Hall–Kier alpha value is -3.92. The van der Waals surface area contributed by atoms with E-state index in [9.17, 15) is 23.1 Å². The van der Waals surface area contributed by atoms with Gasteiger partial charge in [-0.25, -0.2) is 9.97 Å². The summed E-state index contributed by atoms with van der Waals surface area (Å²) in [5, 5.41) is 20.2. The monoisotopic (exact) mass is 510 g/mol. The molecule has 0 spiro atoms. The second-order valence-corrected chi connectivity index (χ2v) is 9.69. The summed E-state index contributed by atoms with van der Waals surface area (Å²) >= 11 is 0. The predicted octanol–water partition coefficient (Wildman–Crippen LogP) is 4.91. The molecule has 10 heteroatoms. The first-order valence-corrected chi connectivity index (χ1v) is 11.8. The molecule has 4 aromatic rings. The molecule has 2 unspecified atom stereocenters. The van der Waals surface area contributed by atoms with Crippen molar-refractivity contribution in [3.05, 3.63) is 83.4 Å². The van der Waals surface area contributed by atoms with Gasteiger partial charge >= 0.3 is 12.1 Å². The van der Waals surface area contributed by atoms with Crippen LogP contribution in [0.2, 0.25) is 0 Å². The lowest BCUT2D eigenvalue weighted by Gasteiger charge is -2.25. The Kier molecular flexibility index (Phi) is 5.94. The van der Waals surface area contributed by atoms with Gasteiger partial charge in [0.25, 0.3) is 0 Å². The van der Waals surface area contributed by atoms with Crippen molar-refractivity contribution in [3.63, 3.8) is 0 Å². The van der Waals surface area contributed by atoms with E-state index in [1.165, 1.54) is 19.1 Å². The lowest BCUT2D eigenvalue weighted by molar-refractivity contribution is -0.138. The molecule has 1 aliphatic rings. The fourth-order valence-corrected chi connectivity index (χ4v) is 4.86. The summed E-state index contributed by atoms with van der Waals surface area (Å²) in [5.41, 5.74) is 6.14. The van der Waals surface area contributed by atoms with Crippen molar-refractivity contribution in [2.45, 2.75) is 38.0 Å². The van der Waals surface area contributed by atoms with E-state index in [0.29, 0.717) is 28.8 Å². The number of aliphatic hydroxyl groups is 1. The van der Waals surface area contributed by atoms with Crippen molar-refractivity contribution in [2.75, 3.05) is 5.73 Å². The van der Waals surface area contributed by atoms with Crippen LogP contribution in [0.1, 0.15) is 42.3 Å². The van der Waals surface area contributed by atoms with Gasteiger partial charge in [-0.1, -0.05) is 36.4 Å². The molecule has 0 aliphatic heterocycles. The molecule has 2 aromatic heterocycles. The molecule has 0 saturated heterocycles. The average Bonchev–Trinajstić information content (AvgIpc) is 3.45. The number of rotatable bonds is 7. The highest BCUT2D eigenvalue weighted by Gasteiger charge is 2.39. The van der Waals surface area contributed by atoms with Gasteiger partial charge in [0.2, 0.25) is 0 Å². The molecule has 4 N–H and O–H groups in total. The first-order chi connectivity index (χ1) is 17.4. The summed E-state index contributed by atoms with van der Waals surface area (Å²) in [4.78, 5) is 20.0. The normalized spacial score (nSPS) is 19.1. The van der Waals surface area contributed by atoms with Gasteiger partial charge in [0.1, 0.15) is 28.5 Å². The van der Waals surface area contributed by atoms with Gasteiger partial charge in [-0.05, 0) is 48.4 Å². The zero-order chi connectivity index (χ0) is 26.5. The summed E-state index contributed by atoms with van der Waals surface area (Å²) in [6.45, 7) is 1.45. The van der Waals surface area contributed by atoms with Crippen molar-refractivity contribution in [1.29, 1.82) is 0 Å². The first kappa shape index (κ1) is 24.8. The van der Waals surface area contributed by atoms with Gasteiger partial charge in [-0.3, -0.25) is 9.20 Å².